The minimum absolute atomic E-state index is 0.814. The van der Waals surface area contributed by atoms with Gasteiger partial charge in [-0.3, -0.25) is 0 Å². The van der Waals surface area contributed by atoms with Crippen LogP contribution < -0.4 is 9.72 Å². The maximum Gasteiger partial charge on any atom is 0.210 e. The number of hydrogen-bond acceptors (Lipinski definition) is 1. The summed E-state index contributed by atoms with van der Waals surface area (Å²) in [4.78, 5) is 2.96. The molecule has 13 heavy (non-hydrogen) atoms. The molecule has 2 aromatic rings. The maximum atomic E-state index is 5.55. The molecule has 2 rings (SSSR count). The standard InChI is InChI=1S/C11H9NO/c1-2-5-10(6-3-1)13-11-7-4-8-12-9-11/h1-9H/p+1. The van der Waals surface area contributed by atoms with E-state index in [-0.39, 0.29) is 0 Å². The van der Waals surface area contributed by atoms with E-state index in [4.69, 9.17) is 4.74 Å². The van der Waals surface area contributed by atoms with Crippen molar-refractivity contribution >= 4 is 0 Å². The van der Waals surface area contributed by atoms with Gasteiger partial charge in [-0.1, -0.05) is 18.2 Å². The zero-order chi connectivity index (χ0) is 8.93. The average Bonchev–Trinajstić information content (AvgIpc) is 2.21. The molecule has 0 aliphatic heterocycles. The van der Waals surface area contributed by atoms with Crippen LogP contribution in [0.3, 0.4) is 0 Å². The molecule has 2 heteroatoms. The highest BCUT2D eigenvalue weighted by Crippen LogP contribution is 2.17. The number of hydrogen-bond donors (Lipinski definition) is 0. The lowest BCUT2D eigenvalue weighted by molar-refractivity contribution is -0.378. The summed E-state index contributed by atoms with van der Waals surface area (Å²) >= 11 is 0. The third-order valence-electron chi connectivity index (χ3n) is 1.66. The first kappa shape index (κ1) is 7.80. The van der Waals surface area contributed by atoms with Gasteiger partial charge in [-0.2, -0.15) is 0 Å². The predicted molar refractivity (Wildman–Crippen MR) is 49.5 cm³/mol. The molecule has 0 fully saturated rings. The van der Waals surface area contributed by atoms with Gasteiger partial charge in [0.05, 0.1) is 0 Å². The molecular weight excluding hydrogens is 162 g/mol. The van der Waals surface area contributed by atoms with E-state index in [1.807, 2.05) is 54.9 Å². The summed E-state index contributed by atoms with van der Waals surface area (Å²) in [5.74, 6) is 1.66. The number of H-pyrrole nitrogens is 1. The number of aromatic nitrogens is 1. The Morgan fingerprint density at radius 1 is 0.846 bits per heavy atom. The fourth-order valence-corrected chi connectivity index (χ4v) is 1.06. The van der Waals surface area contributed by atoms with Crippen molar-refractivity contribution in [3.8, 4) is 11.5 Å². The largest absolute Gasteiger partial charge is 0.451 e. The smallest absolute Gasteiger partial charge is 0.210 e. The van der Waals surface area contributed by atoms with E-state index in [1.54, 1.807) is 0 Å². The van der Waals surface area contributed by atoms with Crippen LogP contribution in [0.1, 0.15) is 0 Å². The maximum absolute atomic E-state index is 5.55. The third kappa shape index (κ3) is 2.06. The van der Waals surface area contributed by atoms with Crippen LogP contribution in [0.2, 0.25) is 0 Å². The van der Waals surface area contributed by atoms with Gasteiger partial charge in [-0.05, 0) is 18.2 Å². The molecule has 0 aliphatic rings. The third-order valence-corrected chi connectivity index (χ3v) is 1.66. The van der Waals surface area contributed by atoms with E-state index in [0.29, 0.717) is 0 Å². The number of para-hydroxylation sites is 1. The van der Waals surface area contributed by atoms with Crippen LogP contribution in [0, 0.1) is 0 Å². The summed E-state index contributed by atoms with van der Waals surface area (Å²) in [5.41, 5.74) is 0. The van der Waals surface area contributed by atoms with Gasteiger partial charge in [-0.25, -0.2) is 4.98 Å². The van der Waals surface area contributed by atoms with Crippen molar-refractivity contribution < 1.29 is 9.72 Å². The normalized spacial score (nSPS) is 9.54. The molecule has 0 radical (unpaired) electrons. The number of aromatic amines is 1. The van der Waals surface area contributed by atoms with Crippen LogP contribution in [0.5, 0.6) is 11.5 Å². The van der Waals surface area contributed by atoms with Gasteiger partial charge in [-0.15, -0.1) is 0 Å². The molecule has 0 saturated heterocycles. The Morgan fingerprint density at radius 3 is 2.31 bits per heavy atom. The quantitative estimate of drug-likeness (QED) is 0.681. The van der Waals surface area contributed by atoms with Gasteiger partial charge < -0.3 is 4.74 Å². The van der Waals surface area contributed by atoms with Gasteiger partial charge in [0.2, 0.25) is 6.20 Å². The van der Waals surface area contributed by atoms with Crippen molar-refractivity contribution in [1.82, 2.24) is 0 Å². The van der Waals surface area contributed by atoms with E-state index in [0.717, 1.165) is 11.5 Å². The van der Waals surface area contributed by atoms with Gasteiger partial charge in [0.15, 0.2) is 11.9 Å². The molecule has 0 aliphatic carbocycles. The van der Waals surface area contributed by atoms with Crippen LogP contribution in [0.4, 0.5) is 0 Å². The fraction of sp³-hybridized carbons (Fsp3) is 0. The number of benzene rings is 1. The summed E-state index contributed by atoms with van der Waals surface area (Å²) in [6.45, 7) is 0. The van der Waals surface area contributed by atoms with E-state index < -0.39 is 0 Å². The molecule has 0 amide bonds. The molecule has 1 aromatic carbocycles. The van der Waals surface area contributed by atoms with E-state index in [2.05, 4.69) is 4.98 Å². The Balaban J connectivity index is 2.16. The summed E-state index contributed by atoms with van der Waals surface area (Å²) in [6.07, 6.45) is 3.66. The van der Waals surface area contributed by atoms with E-state index in [9.17, 15) is 0 Å². The second-order valence-corrected chi connectivity index (χ2v) is 2.65. The molecular formula is C11H10NO+. The highest BCUT2D eigenvalue weighted by Gasteiger charge is 1.96. The molecule has 0 bridgehead atoms. The highest BCUT2D eigenvalue weighted by molar-refractivity contribution is 5.27. The summed E-state index contributed by atoms with van der Waals surface area (Å²) in [7, 11) is 0. The zero-order valence-electron chi connectivity index (χ0n) is 7.10. The van der Waals surface area contributed by atoms with Crippen molar-refractivity contribution in [2.24, 2.45) is 0 Å². The summed E-state index contributed by atoms with van der Waals surface area (Å²) < 4.78 is 5.55. The lowest BCUT2D eigenvalue weighted by atomic mass is 10.3. The van der Waals surface area contributed by atoms with E-state index in [1.165, 1.54) is 0 Å². The predicted octanol–water partition coefficient (Wildman–Crippen LogP) is 2.29. The summed E-state index contributed by atoms with van der Waals surface area (Å²) in [5, 5.41) is 0. The van der Waals surface area contributed by atoms with Crippen LogP contribution >= 0.6 is 0 Å². The second-order valence-electron chi connectivity index (χ2n) is 2.65. The lowest BCUT2D eigenvalue weighted by Crippen LogP contribution is -1.98. The molecule has 0 unspecified atom stereocenters. The summed E-state index contributed by atoms with van der Waals surface area (Å²) in [6, 6.07) is 13.5. The number of rotatable bonds is 2. The van der Waals surface area contributed by atoms with Crippen molar-refractivity contribution in [1.29, 1.82) is 0 Å². The Kier molecular flexibility index (Phi) is 2.23. The molecule has 1 N–H and O–H groups in total. The number of nitrogens with one attached hydrogen (secondary N) is 1. The van der Waals surface area contributed by atoms with E-state index >= 15 is 0 Å². The SMILES string of the molecule is c1ccc(Oc2ccc[nH+]c2)cc1. The second kappa shape index (κ2) is 3.72. The number of pyridine rings is 1. The molecule has 2 nitrogen and oxygen atoms in total. The Bertz CT molecular complexity index is 321. The van der Waals surface area contributed by atoms with Gasteiger partial charge in [0, 0.05) is 6.07 Å². The first-order chi connectivity index (χ1) is 6.45. The number of ether oxygens (including phenoxy) is 1. The fourth-order valence-electron chi connectivity index (χ4n) is 1.06. The van der Waals surface area contributed by atoms with Crippen molar-refractivity contribution in [2.75, 3.05) is 0 Å². The molecule has 64 valence electrons. The van der Waals surface area contributed by atoms with Crippen molar-refractivity contribution in [2.45, 2.75) is 0 Å². The van der Waals surface area contributed by atoms with Crippen molar-refractivity contribution in [3.63, 3.8) is 0 Å². The van der Waals surface area contributed by atoms with Crippen LogP contribution in [0.25, 0.3) is 0 Å². The Hall–Kier alpha value is -1.83. The topological polar surface area (TPSA) is 23.4 Å². The zero-order valence-corrected chi connectivity index (χ0v) is 7.10. The minimum atomic E-state index is 0.814. The molecule has 0 saturated carbocycles. The molecule has 0 spiro atoms. The van der Waals surface area contributed by atoms with Crippen LogP contribution in [-0.2, 0) is 0 Å². The minimum Gasteiger partial charge on any atom is -0.451 e. The first-order valence-electron chi connectivity index (χ1n) is 4.14. The molecule has 1 heterocycles. The van der Waals surface area contributed by atoms with Gasteiger partial charge in [0.25, 0.3) is 0 Å². The van der Waals surface area contributed by atoms with Gasteiger partial charge in [0.1, 0.15) is 5.75 Å². The Labute approximate surface area is 76.8 Å². The Morgan fingerprint density at radius 2 is 1.62 bits per heavy atom. The first-order valence-corrected chi connectivity index (χ1v) is 4.14. The lowest BCUT2D eigenvalue weighted by Gasteiger charge is -2.01. The van der Waals surface area contributed by atoms with Crippen LogP contribution in [0.15, 0.2) is 54.9 Å². The molecule has 1 aromatic heterocycles. The van der Waals surface area contributed by atoms with Crippen LogP contribution in [-0.4, -0.2) is 0 Å². The monoisotopic (exact) mass is 172 g/mol. The average molecular weight is 172 g/mol. The highest BCUT2D eigenvalue weighted by atomic mass is 16.5. The molecule has 0 atom stereocenters. The van der Waals surface area contributed by atoms with Crippen molar-refractivity contribution in [3.05, 3.63) is 54.9 Å². The van der Waals surface area contributed by atoms with Gasteiger partial charge >= 0.3 is 0 Å².